The van der Waals surface area contributed by atoms with Crippen LogP contribution in [0.4, 0.5) is 8.78 Å². The van der Waals surface area contributed by atoms with E-state index in [0.29, 0.717) is 33.1 Å². The van der Waals surface area contributed by atoms with Crippen molar-refractivity contribution in [1.29, 1.82) is 5.41 Å². The van der Waals surface area contributed by atoms with Crippen molar-refractivity contribution in [3.05, 3.63) is 47.1 Å². The summed E-state index contributed by atoms with van der Waals surface area (Å²) in [5.41, 5.74) is -0.636. The van der Waals surface area contributed by atoms with E-state index in [1.54, 1.807) is 18.2 Å². The standard InChI is InChI=1S/C24H30Cl2FN3O3S.CH3F/c1-2-20(27)16-21(22(26)8-12-25)23(31)29-18-24(9-4-3-5-13-28)10-14-30(15-11-24)34(32,33)17-19-6-7-19;1-2/h1,3-5,8-9,13,16,19-20,28H,6-7,10-12,14-15,17-18H2,(H,29,31);1H3/b5-3-,9-4+,21-16+,22-8+,28-13?;. The van der Waals surface area contributed by atoms with Crippen molar-refractivity contribution < 1.29 is 22.0 Å². The van der Waals surface area contributed by atoms with Crippen LogP contribution in [0.3, 0.4) is 0 Å². The number of nitrogens with one attached hydrogen (secondary N) is 2. The molecular formula is C25H33Cl2F2N3O3S. The number of rotatable bonds is 12. The molecule has 200 valence electrons. The number of carbonyl (C=O) groups excluding carboxylic acids is 1. The minimum Gasteiger partial charge on any atom is -0.351 e. The Hall–Kier alpha value is -1.99. The molecule has 2 N–H and O–H groups in total. The number of piperidine rings is 1. The molecule has 0 bridgehead atoms. The summed E-state index contributed by atoms with van der Waals surface area (Å²) >= 11 is 11.8. The van der Waals surface area contributed by atoms with E-state index in [9.17, 15) is 22.0 Å². The van der Waals surface area contributed by atoms with Gasteiger partial charge in [-0.3, -0.25) is 9.18 Å². The molecule has 0 aromatic rings. The Balaban J connectivity index is 0.00000316. The predicted octanol–water partition coefficient (Wildman–Crippen LogP) is 4.53. The highest BCUT2D eigenvalue weighted by molar-refractivity contribution is 7.89. The van der Waals surface area contributed by atoms with Crippen molar-refractivity contribution in [2.75, 3.05) is 38.4 Å². The molecule has 0 radical (unpaired) electrons. The highest BCUT2D eigenvalue weighted by atomic mass is 35.5. The molecule has 0 aromatic heterocycles. The van der Waals surface area contributed by atoms with Crippen LogP contribution in [0.5, 0.6) is 0 Å². The van der Waals surface area contributed by atoms with Gasteiger partial charge in [0, 0.05) is 37.1 Å². The smallest absolute Gasteiger partial charge is 0.252 e. The van der Waals surface area contributed by atoms with Crippen molar-refractivity contribution in [3.63, 3.8) is 0 Å². The average Bonchev–Trinajstić information content (AvgIpc) is 3.68. The molecule has 1 amide bonds. The maximum Gasteiger partial charge on any atom is 0.252 e. The number of allylic oxidation sites excluding steroid dienone is 5. The lowest BCUT2D eigenvalue weighted by molar-refractivity contribution is -0.117. The third-order valence-corrected chi connectivity index (χ3v) is 8.41. The summed E-state index contributed by atoms with van der Waals surface area (Å²) in [4.78, 5) is 12.9. The zero-order chi connectivity index (χ0) is 27.2. The lowest BCUT2D eigenvalue weighted by Gasteiger charge is -2.39. The Morgan fingerprint density at radius 2 is 1.92 bits per heavy atom. The van der Waals surface area contributed by atoms with Gasteiger partial charge in [-0.1, -0.05) is 41.8 Å². The molecule has 1 aliphatic carbocycles. The third kappa shape index (κ3) is 10.6. The van der Waals surface area contributed by atoms with Crippen molar-refractivity contribution in [1.82, 2.24) is 9.62 Å². The Bertz CT molecular complexity index is 1010. The van der Waals surface area contributed by atoms with E-state index < -0.39 is 27.5 Å². The Morgan fingerprint density at radius 3 is 2.44 bits per heavy atom. The summed E-state index contributed by atoms with van der Waals surface area (Å²) in [7, 11) is -2.81. The summed E-state index contributed by atoms with van der Waals surface area (Å²) in [6.45, 7) is 0.859. The van der Waals surface area contributed by atoms with Gasteiger partial charge in [-0.05, 0) is 43.8 Å². The lowest BCUT2D eigenvalue weighted by atomic mass is 9.78. The van der Waals surface area contributed by atoms with Gasteiger partial charge in [0.25, 0.3) is 5.91 Å². The summed E-state index contributed by atoms with van der Waals surface area (Å²) in [5, 5.41) is 9.90. The number of terminal acetylenes is 1. The van der Waals surface area contributed by atoms with Gasteiger partial charge in [0.2, 0.25) is 10.0 Å². The van der Waals surface area contributed by atoms with E-state index in [0.717, 1.165) is 25.1 Å². The van der Waals surface area contributed by atoms with Crippen molar-refractivity contribution in [2.45, 2.75) is 31.9 Å². The second-order valence-corrected chi connectivity index (χ2v) is 11.2. The first-order valence-electron chi connectivity index (χ1n) is 11.4. The highest BCUT2D eigenvalue weighted by Gasteiger charge is 2.39. The molecule has 6 nitrogen and oxygen atoms in total. The van der Waals surface area contributed by atoms with Gasteiger partial charge in [0.05, 0.1) is 23.5 Å². The summed E-state index contributed by atoms with van der Waals surface area (Å²) in [5.74, 6) is 1.78. The van der Waals surface area contributed by atoms with Crippen LogP contribution in [-0.4, -0.2) is 69.5 Å². The molecule has 11 heteroatoms. The monoisotopic (exact) mass is 563 g/mol. The fourth-order valence-electron chi connectivity index (χ4n) is 3.67. The largest absolute Gasteiger partial charge is 0.351 e. The molecule has 1 atom stereocenters. The zero-order valence-electron chi connectivity index (χ0n) is 20.2. The van der Waals surface area contributed by atoms with Crippen LogP contribution in [0.25, 0.3) is 0 Å². The first-order valence-corrected chi connectivity index (χ1v) is 13.9. The molecule has 2 aliphatic rings. The van der Waals surface area contributed by atoms with Crippen LogP contribution in [0.2, 0.25) is 0 Å². The van der Waals surface area contributed by atoms with Gasteiger partial charge in [-0.2, -0.15) is 0 Å². The van der Waals surface area contributed by atoms with Gasteiger partial charge in [-0.25, -0.2) is 17.1 Å². The van der Waals surface area contributed by atoms with E-state index in [4.69, 9.17) is 35.0 Å². The number of nitrogens with zero attached hydrogens (tertiary/aromatic N) is 1. The van der Waals surface area contributed by atoms with Gasteiger partial charge in [0.15, 0.2) is 6.17 Å². The molecule has 2 fully saturated rings. The van der Waals surface area contributed by atoms with Crippen molar-refractivity contribution >= 4 is 45.3 Å². The normalized spacial score (nSPS) is 19.9. The van der Waals surface area contributed by atoms with Crippen LogP contribution >= 0.6 is 23.2 Å². The number of amides is 1. The molecule has 0 aromatic carbocycles. The first-order chi connectivity index (χ1) is 17.2. The van der Waals surface area contributed by atoms with Crippen LogP contribution < -0.4 is 5.32 Å². The highest BCUT2D eigenvalue weighted by Crippen LogP contribution is 2.36. The Labute approximate surface area is 223 Å². The molecular weight excluding hydrogens is 531 g/mol. The topological polar surface area (TPSA) is 90.3 Å². The van der Waals surface area contributed by atoms with Gasteiger partial charge >= 0.3 is 0 Å². The number of hydrogen-bond donors (Lipinski definition) is 2. The number of halogens is 4. The molecule has 36 heavy (non-hydrogen) atoms. The predicted molar refractivity (Wildman–Crippen MR) is 143 cm³/mol. The molecule has 1 aliphatic heterocycles. The van der Waals surface area contributed by atoms with Crippen LogP contribution in [0.15, 0.2) is 47.1 Å². The molecule has 2 rings (SSSR count). The second-order valence-electron chi connectivity index (χ2n) is 8.43. The van der Waals surface area contributed by atoms with Gasteiger partial charge in [0.1, 0.15) is 0 Å². The first kappa shape index (κ1) is 32.0. The van der Waals surface area contributed by atoms with E-state index >= 15 is 0 Å². The molecule has 1 saturated heterocycles. The fourth-order valence-corrected chi connectivity index (χ4v) is 6.00. The number of alkyl halides is 3. The van der Waals surface area contributed by atoms with E-state index in [2.05, 4.69) is 5.32 Å². The van der Waals surface area contributed by atoms with E-state index in [1.165, 1.54) is 10.4 Å². The van der Waals surface area contributed by atoms with Crippen molar-refractivity contribution in [2.24, 2.45) is 11.3 Å². The SMILES string of the molecule is C#CC(F)/C=C(C(=O)NCC1(/C=C/C=C\C=N)CCN(S(=O)(=O)CC2CC2)CC1)\C(Cl)=C/CCl.CF. The average molecular weight is 565 g/mol. The minimum absolute atomic E-state index is 0.00935. The number of carbonyl (C=O) groups is 1. The van der Waals surface area contributed by atoms with Crippen molar-refractivity contribution in [3.8, 4) is 12.3 Å². The molecule has 1 saturated carbocycles. The number of hydrogen-bond acceptors (Lipinski definition) is 4. The van der Waals surface area contributed by atoms with Crippen LogP contribution in [-0.2, 0) is 14.8 Å². The lowest BCUT2D eigenvalue weighted by Crippen LogP contribution is -2.48. The fraction of sp³-hybridized carbons (Fsp3) is 0.520. The molecule has 1 heterocycles. The van der Waals surface area contributed by atoms with E-state index in [-0.39, 0.29) is 34.7 Å². The summed E-state index contributed by atoms with van der Waals surface area (Å²) < 4.78 is 50.2. The Morgan fingerprint density at radius 1 is 1.28 bits per heavy atom. The third-order valence-electron chi connectivity index (χ3n) is 5.85. The maximum atomic E-state index is 13.8. The zero-order valence-corrected chi connectivity index (χ0v) is 22.6. The number of sulfonamides is 1. The second kappa shape index (κ2) is 16.0. The summed E-state index contributed by atoms with van der Waals surface area (Å²) in [6.07, 6.45) is 16.6. The molecule has 0 spiro atoms. The quantitative estimate of drug-likeness (QED) is 0.120. The maximum absolute atomic E-state index is 13.8. The van der Waals surface area contributed by atoms with Gasteiger partial charge < -0.3 is 10.7 Å². The van der Waals surface area contributed by atoms with E-state index in [1.807, 2.05) is 12.0 Å². The molecule has 1 unspecified atom stereocenters. The van der Waals surface area contributed by atoms with Gasteiger partial charge in [-0.15, -0.1) is 18.0 Å². The Kier molecular flexibility index (Phi) is 14.2. The summed E-state index contributed by atoms with van der Waals surface area (Å²) in [6, 6.07) is 0. The van der Waals surface area contributed by atoms with Crippen LogP contribution in [0, 0.1) is 29.1 Å². The minimum atomic E-state index is -3.31. The van der Waals surface area contributed by atoms with Crippen LogP contribution in [0.1, 0.15) is 25.7 Å².